The molecule has 116 valence electrons. The lowest BCUT2D eigenvalue weighted by Gasteiger charge is -2.24. The molecular formula is C19H30N2. The van der Waals surface area contributed by atoms with Crippen molar-refractivity contribution in [3.8, 4) is 0 Å². The lowest BCUT2D eigenvalue weighted by Crippen LogP contribution is -2.33. The van der Waals surface area contributed by atoms with Gasteiger partial charge in [-0.3, -0.25) is 0 Å². The van der Waals surface area contributed by atoms with Gasteiger partial charge in [0.1, 0.15) is 0 Å². The Kier molecular flexibility index (Phi) is 6.98. The second-order valence-corrected chi connectivity index (χ2v) is 5.88. The minimum atomic E-state index is 0.551. The molecule has 2 heteroatoms. The molecule has 0 aromatic heterocycles. The highest BCUT2D eigenvalue weighted by atomic mass is 14.9. The third-order valence-electron chi connectivity index (χ3n) is 4.36. The van der Waals surface area contributed by atoms with Crippen molar-refractivity contribution in [2.75, 3.05) is 19.6 Å². The summed E-state index contributed by atoms with van der Waals surface area (Å²) in [7, 11) is 0. The van der Waals surface area contributed by atoms with E-state index in [-0.39, 0.29) is 0 Å². The van der Waals surface area contributed by atoms with Crippen molar-refractivity contribution in [3.05, 3.63) is 41.5 Å². The Morgan fingerprint density at radius 2 is 1.90 bits per heavy atom. The maximum Gasteiger partial charge on any atom is 0.0181 e. The standard InChI is InChI=1S/C19H30N2/c1-3-20-15-9-5-6-12-19(21-4-2)18-14-13-16-10-7-8-11-17(16)18/h7-8,10-11,13-14,18-21H,3-6,9,12,15H2,1-2H3. The summed E-state index contributed by atoms with van der Waals surface area (Å²) in [6.45, 7) is 7.68. The summed E-state index contributed by atoms with van der Waals surface area (Å²) in [5.41, 5.74) is 2.90. The quantitative estimate of drug-likeness (QED) is 0.637. The number of unbranched alkanes of at least 4 members (excludes halogenated alkanes) is 2. The zero-order valence-corrected chi connectivity index (χ0v) is 13.6. The van der Waals surface area contributed by atoms with E-state index in [4.69, 9.17) is 0 Å². The van der Waals surface area contributed by atoms with Crippen LogP contribution in [0.3, 0.4) is 0 Å². The van der Waals surface area contributed by atoms with Crippen LogP contribution in [0.1, 0.15) is 56.6 Å². The van der Waals surface area contributed by atoms with E-state index in [0.717, 1.165) is 19.6 Å². The van der Waals surface area contributed by atoms with E-state index in [9.17, 15) is 0 Å². The molecule has 2 unspecified atom stereocenters. The minimum Gasteiger partial charge on any atom is -0.317 e. The molecule has 1 aromatic carbocycles. The van der Waals surface area contributed by atoms with Gasteiger partial charge in [0.2, 0.25) is 0 Å². The van der Waals surface area contributed by atoms with Gasteiger partial charge in [0.05, 0.1) is 0 Å². The van der Waals surface area contributed by atoms with Gasteiger partial charge < -0.3 is 10.6 Å². The van der Waals surface area contributed by atoms with Crippen LogP contribution >= 0.6 is 0 Å². The molecule has 2 atom stereocenters. The second kappa shape index (κ2) is 9.01. The van der Waals surface area contributed by atoms with E-state index in [2.05, 4.69) is 60.9 Å². The molecule has 1 aliphatic rings. The highest BCUT2D eigenvalue weighted by molar-refractivity contribution is 5.62. The number of nitrogens with one attached hydrogen (secondary N) is 2. The predicted octanol–water partition coefficient (Wildman–Crippen LogP) is 3.95. The van der Waals surface area contributed by atoms with E-state index in [0.29, 0.717) is 12.0 Å². The summed E-state index contributed by atoms with van der Waals surface area (Å²) in [4.78, 5) is 0. The Labute approximate surface area is 130 Å². The summed E-state index contributed by atoms with van der Waals surface area (Å²) in [5.74, 6) is 0.551. The Balaban J connectivity index is 1.84. The van der Waals surface area contributed by atoms with Crippen molar-refractivity contribution < 1.29 is 0 Å². The van der Waals surface area contributed by atoms with Gasteiger partial charge in [-0.05, 0) is 43.6 Å². The normalized spacial score (nSPS) is 17.9. The molecule has 0 spiro atoms. The first kappa shape index (κ1) is 16.3. The summed E-state index contributed by atoms with van der Waals surface area (Å²) in [6, 6.07) is 9.39. The summed E-state index contributed by atoms with van der Waals surface area (Å²) < 4.78 is 0. The molecular weight excluding hydrogens is 256 g/mol. The molecule has 2 rings (SSSR count). The smallest absolute Gasteiger partial charge is 0.0181 e. The SMILES string of the molecule is CCNCCCCCC(NCC)C1C=Cc2ccccc21. The second-order valence-electron chi connectivity index (χ2n) is 5.88. The number of hydrogen-bond donors (Lipinski definition) is 2. The fraction of sp³-hybridized carbons (Fsp3) is 0.579. The average molecular weight is 286 g/mol. The van der Waals surface area contributed by atoms with Gasteiger partial charge >= 0.3 is 0 Å². The van der Waals surface area contributed by atoms with E-state index in [1.54, 1.807) is 0 Å². The zero-order chi connectivity index (χ0) is 14.9. The van der Waals surface area contributed by atoms with Gasteiger partial charge in [-0.25, -0.2) is 0 Å². The first-order valence-electron chi connectivity index (χ1n) is 8.58. The molecule has 2 nitrogen and oxygen atoms in total. The number of rotatable bonds is 10. The molecule has 2 N–H and O–H groups in total. The average Bonchev–Trinajstić information content (AvgIpc) is 2.93. The van der Waals surface area contributed by atoms with Crippen LogP contribution in [0.2, 0.25) is 0 Å². The van der Waals surface area contributed by atoms with Crippen molar-refractivity contribution >= 4 is 6.08 Å². The molecule has 21 heavy (non-hydrogen) atoms. The monoisotopic (exact) mass is 286 g/mol. The number of hydrogen-bond acceptors (Lipinski definition) is 2. The van der Waals surface area contributed by atoms with Crippen LogP contribution in [-0.2, 0) is 0 Å². The van der Waals surface area contributed by atoms with Crippen LogP contribution in [0, 0.1) is 0 Å². The molecule has 0 aliphatic heterocycles. The third-order valence-corrected chi connectivity index (χ3v) is 4.36. The van der Waals surface area contributed by atoms with E-state index < -0.39 is 0 Å². The topological polar surface area (TPSA) is 24.1 Å². The Morgan fingerprint density at radius 1 is 1.05 bits per heavy atom. The van der Waals surface area contributed by atoms with E-state index >= 15 is 0 Å². The van der Waals surface area contributed by atoms with Gasteiger partial charge in [-0.1, -0.05) is 63.1 Å². The molecule has 0 heterocycles. The van der Waals surface area contributed by atoms with Crippen molar-refractivity contribution in [2.24, 2.45) is 0 Å². The Bertz CT molecular complexity index is 439. The lowest BCUT2D eigenvalue weighted by molar-refractivity contribution is 0.436. The summed E-state index contributed by atoms with van der Waals surface area (Å²) >= 11 is 0. The summed E-state index contributed by atoms with van der Waals surface area (Å²) in [6.07, 6.45) is 9.88. The molecule has 0 saturated carbocycles. The number of likely N-dealkylation sites (N-methyl/N-ethyl adjacent to an activating group) is 1. The van der Waals surface area contributed by atoms with Gasteiger partial charge in [0, 0.05) is 12.0 Å². The molecule has 0 saturated heterocycles. The highest BCUT2D eigenvalue weighted by Crippen LogP contribution is 2.33. The fourth-order valence-corrected chi connectivity index (χ4v) is 3.27. The summed E-state index contributed by atoms with van der Waals surface area (Å²) in [5, 5.41) is 7.10. The molecule has 0 amide bonds. The van der Waals surface area contributed by atoms with Crippen molar-refractivity contribution in [1.29, 1.82) is 0 Å². The third kappa shape index (κ3) is 4.69. The maximum atomic E-state index is 3.70. The zero-order valence-electron chi connectivity index (χ0n) is 13.6. The predicted molar refractivity (Wildman–Crippen MR) is 92.7 cm³/mol. The molecule has 0 bridgehead atoms. The fourth-order valence-electron chi connectivity index (χ4n) is 3.27. The molecule has 1 aromatic rings. The first-order valence-corrected chi connectivity index (χ1v) is 8.58. The first-order chi connectivity index (χ1) is 10.4. The van der Waals surface area contributed by atoms with Gasteiger partial charge in [0.15, 0.2) is 0 Å². The Morgan fingerprint density at radius 3 is 2.71 bits per heavy atom. The van der Waals surface area contributed by atoms with Gasteiger partial charge in [-0.2, -0.15) is 0 Å². The Hall–Kier alpha value is -1.12. The van der Waals surface area contributed by atoms with Crippen LogP contribution in [0.25, 0.3) is 6.08 Å². The minimum absolute atomic E-state index is 0.551. The number of fused-ring (bicyclic) bond motifs is 1. The number of benzene rings is 1. The molecule has 0 fully saturated rings. The van der Waals surface area contributed by atoms with Crippen LogP contribution in [0.4, 0.5) is 0 Å². The van der Waals surface area contributed by atoms with Crippen molar-refractivity contribution in [3.63, 3.8) is 0 Å². The van der Waals surface area contributed by atoms with Crippen LogP contribution in [-0.4, -0.2) is 25.7 Å². The van der Waals surface area contributed by atoms with E-state index in [1.165, 1.54) is 36.8 Å². The van der Waals surface area contributed by atoms with Crippen molar-refractivity contribution in [2.45, 2.75) is 51.5 Å². The molecule has 0 radical (unpaired) electrons. The van der Waals surface area contributed by atoms with Crippen LogP contribution < -0.4 is 10.6 Å². The lowest BCUT2D eigenvalue weighted by atomic mass is 9.89. The van der Waals surface area contributed by atoms with E-state index in [1.807, 2.05) is 0 Å². The van der Waals surface area contributed by atoms with Gasteiger partial charge in [-0.15, -0.1) is 0 Å². The molecule has 1 aliphatic carbocycles. The van der Waals surface area contributed by atoms with Crippen LogP contribution in [0.5, 0.6) is 0 Å². The highest BCUT2D eigenvalue weighted by Gasteiger charge is 2.24. The van der Waals surface area contributed by atoms with Crippen molar-refractivity contribution in [1.82, 2.24) is 10.6 Å². The van der Waals surface area contributed by atoms with Gasteiger partial charge in [0.25, 0.3) is 0 Å². The largest absolute Gasteiger partial charge is 0.317 e. The maximum absolute atomic E-state index is 3.70. The van der Waals surface area contributed by atoms with Crippen LogP contribution in [0.15, 0.2) is 30.3 Å².